The number of nitrogens with two attached hydrogens (primary N) is 1. The Hall–Kier alpha value is -0.0800. The van der Waals surface area contributed by atoms with Crippen LogP contribution in [0.4, 0.5) is 0 Å². The highest BCUT2D eigenvalue weighted by atomic mass is 15.2. The maximum absolute atomic E-state index is 6.13. The topological polar surface area (TPSA) is 29.3 Å². The first kappa shape index (κ1) is 12.4. The van der Waals surface area contributed by atoms with Gasteiger partial charge in [0.05, 0.1) is 0 Å². The van der Waals surface area contributed by atoms with Crippen molar-refractivity contribution in [3.05, 3.63) is 0 Å². The highest BCUT2D eigenvalue weighted by molar-refractivity contribution is 4.98. The zero-order chi connectivity index (χ0) is 11.6. The first-order valence-electron chi connectivity index (χ1n) is 7.15. The van der Waals surface area contributed by atoms with Crippen LogP contribution in [0.3, 0.4) is 0 Å². The van der Waals surface area contributed by atoms with Crippen LogP contribution in [-0.4, -0.2) is 30.1 Å². The van der Waals surface area contributed by atoms with Crippen LogP contribution in [0.25, 0.3) is 0 Å². The van der Waals surface area contributed by atoms with Gasteiger partial charge < -0.3 is 5.73 Å². The Morgan fingerprint density at radius 1 is 1.38 bits per heavy atom. The number of nitrogens with zero attached hydrogens (tertiary/aromatic N) is 1. The molecule has 2 aliphatic rings. The molecule has 16 heavy (non-hydrogen) atoms. The van der Waals surface area contributed by atoms with Crippen LogP contribution in [0.5, 0.6) is 0 Å². The summed E-state index contributed by atoms with van der Waals surface area (Å²) in [5.74, 6) is 1.80. The van der Waals surface area contributed by atoms with Gasteiger partial charge in [-0.2, -0.15) is 0 Å². The molecule has 1 heterocycles. The zero-order valence-electron chi connectivity index (χ0n) is 11.0. The molecule has 2 nitrogen and oxygen atoms in total. The second kappa shape index (κ2) is 5.05. The van der Waals surface area contributed by atoms with E-state index < -0.39 is 0 Å². The fourth-order valence-electron chi connectivity index (χ4n) is 3.83. The van der Waals surface area contributed by atoms with E-state index in [0.29, 0.717) is 5.54 Å². The Labute approximate surface area is 101 Å². The van der Waals surface area contributed by atoms with E-state index in [2.05, 4.69) is 18.7 Å². The van der Waals surface area contributed by atoms with Crippen molar-refractivity contribution >= 4 is 0 Å². The third-order valence-corrected chi connectivity index (χ3v) is 4.98. The normalized spacial score (nSPS) is 41.4. The Kier molecular flexibility index (Phi) is 3.91. The van der Waals surface area contributed by atoms with E-state index in [1.54, 1.807) is 0 Å². The maximum atomic E-state index is 6.13. The lowest BCUT2D eigenvalue weighted by Gasteiger charge is -2.46. The summed E-state index contributed by atoms with van der Waals surface area (Å²) in [6, 6.07) is 0. The van der Waals surface area contributed by atoms with Gasteiger partial charge in [-0.1, -0.05) is 33.1 Å². The van der Waals surface area contributed by atoms with Crippen molar-refractivity contribution in [1.29, 1.82) is 0 Å². The lowest BCUT2D eigenvalue weighted by atomic mass is 9.75. The summed E-state index contributed by atoms with van der Waals surface area (Å²) in [4.78, 5) is 2.73. The van der Waals surface area contributed by atoms with Gasteiger partial charge in [0.1, 0.15) is 0 Å². The van der Waals surface area contributed by atoms with Gasteiger partial charge in [-0.05, 0) is 37.6 Å². The summed E-state index contributed by atoms with van der Waals surface area (Å²) < 4.78 is 0. The molecule has 2 heteroatoms. The van der Waals surface area contributed by atoms with E-state index in [4.69, 9.17) is 5.73 Å². The number of hydrogen-bond acceptors (Lipinski definition) is 2. The van der Waals surface area contributed by atoms with Gasteiger partial charge in [0.2, 0.25) is 0 Å². The van der Waals surface area contributed by atoms with Gasteiger partial charge in [-0.15, -0.1) is 0 Å². The molecule has 0 amide bonds. The highest BCUT2D eigenvalue weighted by Crippen LogP contribution is 2.39. The maximum Gasteiger partial charge on any atom is 0.0334 e. The van der Waals surface area contributed by atoms with E-state index in [0.717, 1.165) is 18.4 Å². The first-order valence-corrected chi connectivity index (χ1v) is 7.15. The molecule has 1 aliphatic carbocycles. The van der Waals surface area contributed by atoms with Crippen molar-refractivity contribution in [1.82, 2.24) is 4.90 Å². The van der Waals surface area contributed by atoms with Crippen molar-refractivity contribution in [2.75, 3.05) is 19.6 Å². The van der Waals surface area contributed by atoms with Crippen molar-refractivity contribution < 1.29 is 0 Å². The van der Waals surface area contributed by atoms with Crippen LogP contribution in [0.2, 0.25) is 0 Å². The number of hydrogen-bond donors (Lipinski definition) is 1. The second-order valence-corrected chi connectivity index (χ2v) is 6.14. The smallest absolute Gasteiger partial charge is 0.0334 e. The van der Waals surface area contributed by atoms with Gasteiger partial charge in [0, 0.05) is 18.6 Å². The largest absolute Gasteiger partial charge is 0.329 e. The quantitative estimate of drug-likeness (QED) is 0.798. The van der Waals surface area contributed by atoms with E-state index in [-0.39, 0.29) is 0 Å². The summed E-state index contributed by atoms with van der Waals surface area (Å²) in [7, 11) is 0. The molecule has 1 saturated heterocycles. The molecule has 0 bridgehead atoms. The van der Waals surface area contributed by atoms with Crippen LogP contribution in [0.15, 0.2) is 0 Å². The van der Waals surface area contributed by atoms with Gasteiger partial charge in [0.25, 0.3) is 0 Å². The van der Waals surface area contributed by atoms with E-state index >= 15 is 0 Å². The lowest BCUT2D eigenvalue weighted by molar-refractivity contribution is 0.0564. The Morgan fingerprint density at radius 2 is 2.19 bits per heavy atom. The summed E-state index contributed by atoms with van der Waals surface area (Å²) in [5, 5.41) is 0. The summed E-state index contributed by atoms with van der Waals surface area (Å²) in [6.07, 6.45) is 8.20. The second-order valence-electron chi connectivity index (χ2n) is 6.14. The molecule has 2 N–H and O–H groups in total. The van der Waals surface area contributed by atoms with Gasteiger partial charge >= 0.3 is 0 Å². The molecule has 3 atom stereocenters. The predicted molar refractivity (Wildman–Crippen MR) is 69.4 cm³/mol. The van der Waals surface area contributed by atoms with Crippen LogP contribution < -0.4 is 5.73 Å². The van der Waals surface area contributed by atoms with Gasteiger partial charge in [-0.25, -0.2) is 0 Å². The molecule has 2 rings (SSSR count). The molecule has 0 aromatic carbocycles. The van der Waals surface area contributed by atoms with Crippen LogP contribution in [0, 0.1) is 11.8 Å². The summed E-state index contributed by atoms with van der Waals surface area (Å²) in [5.41, 5.74) is 6.49. The predicted octanol–water partition coefficient (Wildman–Crippen LogP) is 2.63. The fraction of sp³-hybridized carbons (Fsp3) is 1.00. The van der Waals surface area contributed by atoms with Crippen molar-refractivity contribution in [3.63, 3.8) is 0 Å². The molecule has 0 spiro atoms. The standard InChI is InChI=1S/C14H28N2/c1-3-13-6-8-16(10-13)14(11-15)7-4-5-12(2)9-14/h12-13H,3-11,15H2,1-2H3. The Bertz CT molecular complexity index is 229. The number of likely N-dealkylation sites (tertiary alicyclic amines) is 1. The van der Waals surface area contributed by atoms with Crippen molar-refractivity contribution in [3.8, 4) is 0 Å². The van der Waals surface area contributed by atoms with Crippen LogP contribution >= 0.6 is 0 Å². The molecule has 2 fully saturated rings. The van der Waals surface area contributed by atoms with Crippen molar-refractivity contribution in [2.45, 2.75) is 57.9 Å². The average molecular weight is 224 g/mol. The Morgan fingerprint density at radius 3 is 2.75 bits per heavy atom. The molecule has 0 aromatic heterocycles. The summed E-state index contributed by atoms with van der Waals surface area (Å²) in [6.45, 7) is 8.19. The minimum Gasteiger partial charge on any atom is -0.329 e. The zero-order valence-corrected chi connectivity index (χ0v) is 11.0. The van der Waals surface area contributed by atoms with Gasteiger partial charge in [0.15, 0.2) is 0 Å². The highest BCUT2D eigenvalue weighted by Gasteiger charge is 2.41. The summed E-state index contributed by atoms with van der Waals surface area (Å²) >= 11 is 0. The number of rotatable bonds is 3. The fourth-order valence-corrected chi connectivity index (χ4v) is 3.83. The monoisotopic (exact) mass is 224 g/mol. The molecule has 0 aromatic rings. The van der Waals surface area contributed by atoms with E-state index in [1.807, 2.05) is 0 Å². The molecule has 1 aliphatic heterocycles. The molecular formula is C14H28N2. The van der Waals surface area contributed by atoms with Crippen LogP contribution in [0.1, 0.15) is 52.4 Å². The minimum absolute atomic E-state index is 0.363. The Balaban J connectivity index is 2.03. The molecular weight excluding hydrogens is 196 g/mol. The third kappa shape index (κ3) is 2.28. The minimum atomic E-state index is 0.363. The average Bonchev–Trinajstić information content (AvgIpc) is 2.78. The van der Waals surface area contributed by atoms with Crippen LogP contribution in [-0.2, 0) is 0 Å². The molecule has 94 valence electrons. The van der Waals surface area contributed by atoms with E-state index in [9.17, 15) is 0 Å². The molecule has 3 unspecified atom stereocenters. The van der Waals surface area contributed by atoms with Gasteiger partial charge in [-0.3, -0.25) is 4.90 Å². The first-order chi connectivity index (χ1) is 7.70. The molecule has 0 radical (unpaired) electrons. The van der Waals surface area contributed by atoms with E-state index in [1.165, 1.54) is 51.6 Å². The SMILES string of the molecule is CCC1CCN(C2(CN)CCCC(C)C2)C1. The lowest BCUT2D eigenvalue weighted by Crippen LogP contribution is -2.55. The third-order valence-electron chi connectivity index (χ3n) is 4.98. The van der Waals surface area contributed by atoms with Crippen molar-refractivity contribution in [2.24, 2.45) is 17.6 Å². The molecule has 1 saturated carbocycles.